The molecule has 4 nitrogen and oxygen atoms in total. The van der Waals surface area contributed by atoms with Crippen molar-refractivity contribution in [3.8, 4) is 11.8 Å². The highest BCUT2D eigenvalue weighted by atomic mass is 35.5. The zero-order valence-corrected chi connectivity index (χ0v) is 16.1. The first-order valence-electron chi connectivity index (χ1n) is 8.42. The summed E-state index contributed by atoms with van der Waals surface area (Å²) >= 11 is 12.6. The van der Waals surface area contributed by atoms with Gasteiger partial charge in [0.1, 0.15) is 17.4 Å². The summed E-state index contributed by atoms with van der Waals surface area (Å²) in [6, 6.07) is 13.5. The molecule has 1 heterocycles. The topological polar surface area (TPSA) is 62.3 Å². The van der Waals surface area contributed by atoms with Crippen molar-refractivity contribution < 1.29 is 4.74 Å². The number of benzene rings is 2. The molecule has 0 saturated carbocycles. The second-order valence-electron chi connectivity index (χ2n) is 5.96. The van der Waals surface area contributed by atoms with E-state index in [2.05, 4.69) is 24.8 Å². The van der Waals surface area contributed by atoms with Crippen molar-refractivity contribution in [1.29, 1.82) is 5.26 Å². The molecule has 2 aromatic rings. The highest BCUT2D eigenvalue weighted by Crippen LogP contribution is 2.46. The van der Waals surface area contributed by atoms with Gasteiger partial charge in [-0.3, -0.25) is 0 Å². The first-order chi connectivity index (χ1) is 12.5. The van der Waals surface area contributed by atoms with E-state index in [-0.39, 0.29) is 5.88 Å². The first kappa shape index (κ1) is 18.4. The Balaban J connectivity index is 2.19. The molecule has 3 rings (SSSR count). The van der Waals surface area contributed by atoms with Crippen LogP contribution in [0.3, 0.4) is 0 Å². The second-order valence-corrected chi connectivity index (χ2v) is 6.75. The molecule has 134 valence electrons. The van der Waals surface area contributed by atoms with E-state index in [0.29, 0.717) is 21.4 Å². The summed E-state index contributed by atoms with van der Waals surface area (Å²) in [4.78, 5) is 2.21. The zero-order chi connectivity index (χ0) is 18.8. The van der Waals surface area contributed by atoms with Crippen LogP contribution in [-0.2, 0) is 0 Å². The SMILES string of the molecule is CCN(CC)c1ccc2c(c1)OC(N)=C(C#N)C2c1cccc(Cl)c1Cl. The van der Waals surface area contributed by atoms with Gasteiger partial charge in [-0.05, 0) is 31.5 Å². The summed E-state index contributed by atoms with van der Waals surface area (Å²) in [5.41, 5.74) is 9.01. The van der Waals surface area contributed by atoms with Gasteiger partial charge in [-0.1, -0.05) is 41.4 Å². The monoisotopic (exact) mass is 387 g/mol. The fourth-order valence-corrected chi connectivity index (χ4v) is 3.71. The summed E-state index contributed by atoms with van der Waals surface area (Å²) in [5, 5.41) is 10.5. The van der Waals surface area contributed by atoms with Crippen LogP contribution in [0.15, 0.2) is 47.9 Å². The minimum atomic E-state index is -0.416. The maximum atomic E-state index is 9.65. The summed E-state index contributed by atoms with van der Waals surface area (Å²) in [6.07, 6.45) is 0. The van der Waals surface area contributed by atoms with Crippen LogP contribution in [0.4, 0.5) is 5.69 Å². The Bertz CT molecular complexity index is 914. The third kappa shape index (κ3) is 3.09. The molecule has 0 aromatic heterocycles. The van der Waals surface area contributed by atoms with Gasteiger partial charge in [0, 0.05) is 30.4 Å². The molecule has 2 N–H and O–H groups in total. The number of rotatable bonds is 4. The van der Waals surface area contributed by atoms with Crippen LogP contribution in [0.1, 0.15) is 30.9 Å². The van der Waals surface area contributed by atoms with Crippen molar-refractivity contribution in [3.63, 3.8) is 0 Å². The largest absolute Gasteiger partial charge is 0.440 e. The molecule has 26 heavy (non-hydrogen) atoms. The first-order valence-corrected chi connectivity index (χ1v) is 9.17. The molecule has 1 atom stereocenters. The number of nitrogens with two attached hydrogens (primary N) is 1. The van der Waals surface area contributed by atoms with E-state index < -0.39 is 5.92 Å². The highest BCUT2D eigenvalue weighted by Gasteiger charge is 2.32. The molecule has 0 amide bonds. The van der Waals surface area contributed by atoms with E-state index in [9.17, 15) is 5.26 Å². The molecule has 0 aliphatic carbocycles. The highest BCUT2D eigenvalue weighted by molar-refractivity contribution is 6.42. The molecule has 1 aliphatic heterocycles. The number of allylic oxidation sites excluding steroid dienone is 1. The molecule has 6 heteroatoms. The van der Waals surface area contributed by atoms with E-state index in [0.717, 1.165) is 29.9 Å². The van der Waals surface area contributed by atoms with Gasteiger partial charge in [0.05, 0.1) is 16.0 Å². The molecule has 1 unspecified atom stereocenters. The Labute approximate surface area is 163 Å². The Morgan fingerprint density at radius 2 is 1.88 bits per heavy atom. The average Bonchev–Trinajstić information content (AvgIpc) is 2.64. The third-order valence-electron chi connectivity index (χ3n) is 4.62. The Morgan fingerprint density at radius 3 is 2.54 bits per heavy atom. The van der Waals surface area contributed by atoms with Crippen molar-refractivity contribution in [1.82, 2.24) is 0 Å². The Kier molecular flexibility index (Phi) is 5.31. The normalized spacial score (nSPS) is 15.9. The lowest BCUT2D eigenvalue weighted by molar-refractivity contribution is 0.393. The summed E-state index contributed by atoms with van der Waals surface area (Å²) in [5.74, 6) is 0.311. The van der Waals surface area contributed by atoms with Crippen LogP contribution in [0.5, 0.6) is 5.75 Å². The predicted octanol–water partition coefficient (Wildman–Crippen LogP) is 5.06. The summed E-state index contributed by atoms with van der Waals surface area (Å²) < 4.78 is 5.77. The number of nitriles is 1. The van der Waals surface area contributed by atoms with Gasteiger partial charge < -0.3 is 15.4 Å². The minimum absolute atomic E-state index is 0.0951. The van der Waals surface area contributed by atoms with E-state index in [1.165, 1.54) is 0 Å². The molecule has 2 aromatic carbocycles. The average molecular weight is 388 g/mol. The van der Waals surface area contributed by atoms with Crippen molar-refractivity contribution in [2.24, 2.45) is 5.73 Å². The zero-order valence-electron chi connectivity index (χ0n) is 14.6. The fraction of sp³-hybridized carbons (Fsp3) is 0.250. The van der Waals surface area contributed by atoms with Crippen molar-refractivity contribution in [3.05, 3.63) is 69.0 Å². The molecule has 0 fully saturated rings. The van der Waals surface area contributed by atoms with Gasteiger partial charge in [0.25, 0.3) is 0 Å². The minimum Gasteiger partial charge on any atom is -0.440 e. The molecular weight excluding hydrogens is 369 g/mol. The quantitative estimate of drug-likeness (QED) is 0.796. The van der Waals surface area contributed by atoms with Gasteiger partial charge in [0.2, 0.25) is 5.88 Å². The maximum Gasteiger partial charge on any atom is 0.205 e. The summed E-state index contributed by atoms with van der Waals surface area (Å²) in [6.45, 7) is 5.96. The van der Waals surface area contributed by atoms with Crippen LogP contribution in [-0.4, -0.2) is 13.1 Å². The standard InChI is InChI=1S/C20H19Cl2N3O/c1-3-25(4-2)12-8-9-13-17(10-12)26-20(24)15(11-23)18(13)14-6-5-7-16(21)19(14)22/h5-10,18H,3-4,24H2,1-2H3. The van der Waals surface area contributed by atoms with Crippen LogP contribution >= 0.6 is 23.2 Å². The molecular formula is C20H19Cl2N3O. The van der Waals surface area contributed by atoms with Gasteiger partial charge in [-0.15, -0.1) is 0 Å². The number of anilines is 1. The fourth-order valence-electron chi connectivity index (χ4n) is 3.29. The van der Waals surface area contributed by atoms with E-state index in [1.54, 1.807) is 6.07 Å². The molecule has 0 bridgehead atoms. The second kappa shape index (κ2) is 7.49. The van der Waals surface area contributed by atoms with Crippen molar-refractivity contribution in [2.45, 2.75) is 19.8 Å². The van der Waals surface area contributed by atoms with Gasteiger partial charge in [-0.25, -0.2) is 0 Å². The number of ether oxygens (including phenoxy) is 1. The van der Waals surface area contributed by atoms with Crippen LogP contribution in [0.25, 0.3) is 0 Å². The summed E-state index contributed by atoms with van der Waals surface area (Å²) in [7, 11) is 0. The Morgan fingerprint density at radius 1 is 1.15 bits per heavy atom. The molecule has 0 saturated heterocycles. The number of nitrogens with zero attached hydrogens (tertiary/aromatic N) is 2. The number of halogens is 2. The lowest BCUT2D eigenvalue weighted by Crippen LogP contribution is -2.24. The number of hydrogen-bond donors (Lipinski definition) is 1. The smallest absolute Gasteiger partial charge is 0.205 e. The molecule has 0 spiro atoms. The van der Waals surface area contributed by atoms with Gasteiger partial charge in [0.15, 0.2) is 0 Å². The maximum absolute atomic E-state index is 9.65. The molecule has 1 aliphatic rings. The predicted molar refractivity (Wildman–Crippen MR) is 106 cm³/mol. The number of hydrogen-bond acceptors (Lipinski definition) is 4. The van der Waals surface area contributed by atoms with Crippen molar-refractivity contribution in [2.75, 3.05) is 18.0 Å². The Hall–Kier alpha value is -2.35. The van der Waals surface area contributed by atoms with Crippen LogP contribution in [0.2, 0.25) is 10.0 Å². The molecule has 0 radical (unpaired) electrons. The lowest BCUT2D eigenvalue weighted by atomic mass is 9.83. The van der Waals surface area contributed by atoms with Crippen molar-refractivity contribution >= 4 is 28.9 Å². The number of fused-ring (bicyclic) bond motifs is 1. The van der Waals surface area contributed by atoms with E-state index in [4.69, 9.17) is 33.7 Å². The lowest BCUT2D eigenvalue weighted by Gasteiger charge is -2.29. The van der Waals surface area contributed by atoms with E-state index in [1.807, 2.05) is 30.3 Å². The third-order valence-corrected chi connectivity index (χ3v) is 5.46. The van der Waals surface area contributed by atoms with Gasteiger partial charge in [-0.2, -0.15) is 5.26 Å². The van der Waals surface area contributed by atoms with Gasteiger partial charge >= 0.3 is 0 Å². The van der Waals surface area contributed by atoms with E-state index >= 15 is 0 Å². The van der Waals surface area contributed by atoms with Crippen LogP contribution in [0, 0.1) is 11.3 Å². The van der Waals surface area contributed by atoms with Crippen LogP contribution < -0.4 is 15.4 Å².